The van der Waals surface area contributed by atoms with E-state index < -0.39 is 17.7 Å². The zero-order valence-corrected chi connectivity index (χ0v) is 17.6. The molecule has 3 heterocycles. The summed E-state index contributed by atoms with van der Waals surface area (Å²) >= 11 is 0. The van der Waals surface area contributed by atoms with Gasteiger partial charge in [-0.05, 0) is 45.3 Å². The van der Waals surface area contributed by atoms with E-state index in [0.717, 1.165) is 5.69 Å². The maximum Gasteiger partial charge on any atom is 0.295 e. The summed E-state index contributed by atoms with van der Waals surface area (Å²) in [6, 6.07) is 12.1. The number of rotatable bonds is 6. The first-order chi connectivity index (χ1) is 14.9. The second kappa shape index (κ2) is 8.23. The number of carbonyl (C=O) groups excluding carboxylic acids is 2. The van der Waals surface area contributed by atoms with E-state index in [4.69, 9.17) is 4.42 Å². The molecule has 2 aromatic heterocycles. The van der Waals surface area contributed by atoms with Crippen molar-refractivity contribution < 1.29 is 19.1 Å². The van der Waals surface area contributed by atoms with Crippen LogP contribution in [-0.2, 0) is 9.59 Å². The van der Waals surface area contributed by atoms with E-state index in [1.807, 2.05) is 49.3 Å². The number of nitrogens with zero attached hydrogens (tertiary/aromatic N) is 4. The van der Waals surface area contributed by atoms with Crippen LogP contribution in [0.4, 0.5) is 0 Å². The largest absolute Gasteiger partial charge is 0.507 e. The Hall–Kier alpha value is -3.65. The van der Waals surface area contributed by atoms with Crippen molar-refractivity contribution in [3.8, 4) is 5.69 Å². The summed E-state index contributed by atoms with van der Waals surface area (Å²) in [6.07, 6.45) is 2.99. The molecule has 8 heteroatoms. The highest BCUT2D eigenvalue weighted by molar-refractivity contribution is 6.46. The first kappa shape index (κ1) is 20.6. The van der Waals surface area contributed by atoms with E-state index in [-0.39, 0.29) is 11.3 Å². The number of likely N-dealkylation sites (N-methyl/N-ethyl adjacent to an activating group) is 1. The molecular weight excluding hydrogens is 396 g/mol. The minimum atomic E-state index is -0.797. The van der Waals surface area contributed by atoms with Crippen LogP contribution < -0.4 is 0 Å². The molecular formula is C23H24N4O4. The number of carbonyl (C=O) groups is 2. The number of para-hydroxylation sites is 1. The van der Waals surface area contributed by atoms with Crippen molar-refractivity contribution in [2.75, 3.05) is 27.2 Å². The number of hydrogen-bond acceptors (Lipinski definition) is 6. The standard InChI is InChI=1S/C23H24N4O4/c1-15-17(14-24-27(15)16-8-5-4-6-9-16)21(28)19-20(18-10-7-13-31-18)26(12-11-25(2)3)23(30)22(19)29/h4-10,13-14,20,28H,11-12H2,1-3H3/t20-/m0/s1. The summed E-state index contributed by atoms with van der Waals surface area (Å²) < 4.78 is 7.23. The Balaban J connectivity index is 1.81. The van der Waals surface area contributed by atoms with Crippen molar-refractivity contribution in [2.45, 2.75) is 13.0 Å². The summed E-state index contributed by atoms with van der Waals surface area (Å²) in [7, 11) is 3.78. The fourth-order valence-corrected chi connectivity index (χ4v) is 3.78. The molecule has 1 aromatic carbocycles. The number of amides is 1. The van der Waals surface area contributed by atoms with Crippen molar-refractivity contribution >= 4 is 17.4 Å². The molecule has 3 aromatic rings. The smallest absolute Gasteiger partial charge is 0.295 e. The van der Waals surface area contributed by atoms with E-state index in [0.29, 0.717) is 30.1 Å². The van der Waals surface area contributed by atoms with E-state index >= 15 is 0 Å². The lowest BCUT2D eigenvalue weighted by Crippen LogP contribution is -2.35. The van der Waals surface area contributed by atoms with Gasteiger partial charge in [-0.1, -0.05) is 18.2 Å². The van der Waals surface area contributed by atoms with Gasteiger partial charge in [-0.2, -0.15) is 5.10 Å². The van der Waals surface area contributed by atoms with Crippen LogP contribution in [0.2, 0.25) is 0 Å². The molecule has 1 saturated heterocycles. The van der Waals surface area contributed by atoms with Crippen LogP contribution in [0, 0.1) is 6.92 Å². The third-order valence-corrected chi connectivity index (χ3v) is 5.41. The topological polar surface area (TPSA) is 91.8 Å². The molecule has 1 aliphatic rings. The quantitative estimate of drug-likeness (QED) is 0.375. The summed E-state index contributed by atoms with van der Waals surface area (Å²) in [5.74, 6) is -1.22. The van der Waals surface area contributed by atoms with Gasteiger partial charge >= 0.3 is 0 Å². The maximum absolute atomic E-state index is 13.0. The van der Waals surface area contributed by atoms with Gasteiger partial charge in [0.2, 0.25) is 0 Å². The second-order valence-electron chi connectivity index (χ2n) is 7.70. The number of aromatic nitrogens is 2. The Kier molecular flexibility index (Phi) is 5.48. The van der Waals surface area contributed by atoms with Crippen molar-refractivity contribution in [1.29, 1.82) is 0 Å². The molecule has 0 saturated carbocycles. The van der Waals surface area contributed by atoms with Crippen LogP contribution in [0.5, 0.6) is 0 Å². The molecule has 1 fully saturated rings. The first-order valence-electron chi connectivity index (χ1n) is 9.97. The third kappa shape index (κ3) is 3.66. The molecule has 31 heavy (non-hydrogen) atoms. The number of benzene rings is 1. The normalized spacial score (nSPS) is 18.3. The van der Waals surface area contributed by atoms with Crippen molar-refractivity contribution in [2.24, 2.45) is 0 Å². The molecule has 1 amide bonds. The second-order valence-corrected chi connectivity index (χ2v) is 7.70. The molecule has 0 unspecified atom stereocenters. The van der Waals surface area contributed by atoms with Gasteiger partial charge in [0.15, 0.2) is 0 Å². The Morgan fingerprint density at radius 2 is 1.90 bits per heavy atom. The number of aliphatic hydroxyl groups is 1. The number of furan rings is 1. The first-order valence-corrected chi connectivity index (χ1v) is 9.97. The van der Waals surface area contributed by atoms with Crippen LogP contribution in [0.15, 0.2) is 64.9 Å². The number of aliphatic hydroxyl groups excluding tert-OH is 1. The summed E-state index contributed by atoms with van der Waals surface area (Å²) in [4.78, 5) is 29.2. The third-order valence-electron chi connectivity index (χ3n) is 5.41. The Morgan fingerprint density at radius 3 is 2.55 bits per heavy atom. The summed E-state index contributed by atoms with van der Waals surface area (Å²) in [5.41, 5.74) is 1.88. The summed E-state index contributed by atoms with van der Waals surface area (Å²) in [6.45, 7) is 2.69. The average Bonchev–Trinajstić information content (AvgIpc) is 3.47. The van der Waals surface area contributed by atoms with E-state index in [2.05, 4.69) is 5.10 Å². The Bertz CT molecular complexity index is 1130. The number of hydrogen-bond donors (Lipinski definition) is 1. The zero-order valence-electron chi connectivity index (χ0n) is 17.6. The van der Waals surface area contributed by atoms with Gasteiger partial charge in [0.05, 0.1) is 35.0 Å². The lowest BCUT2D eigenvalue weighted by molar-refractivity contribution is -0.140. The van der Waals surface area contributed by atoms with E-state index in [1.165, 1.54) is 17.4 Å². The molecule has 0 spiro atoms. The van der Waals surface area contributed by atoms with Crippen LogP contribution in [-0.4, -0.2) is 63.6 Å². The number of likely N-dealkylation sites (tertiary alicyclic amines) is 1. The van der Waals surface area contributed by atoms with Crippen LogP contribution >= 0.6 is 0 Å². The molecule has 0 radical (unpaired) electrons. The maximum atomic E-state index is 13.0. The minimum Gasteiger partial charge on any atom is -0.507 e. The predicted octanol–water partition coefficient (Wildman–Crippen LogP) is 2.76. The summed E-state index contributed by atoms with van der Waals surface area (Å²) in [5, 5.41) is 15.6. The number of ketones is 1. The van der Waals surface area contributed by atoms with Crippen molar-refractivity contribution in [3.63, 3.8) is 0 Å². The van der Waals surface area contributed by atoms with Gasteiger partial charge in [-0.25, -0.2) is 4.68 Å². The fourth-order valence-electron chi connectivity index (χ4n) is 3.78. The molecule has 0 aliphatic carbocycles. The van der Waals surface area contributed by atoms with Gasteiger partial charge in [-0.15, -0.1) is 0 Å². The Labute approximate surface area is 180 Å². The molecule has 8 nitrogen and oxygen atoms in total. The highest BCUT2D eigenvalue weighted by Crippen LogP contribution is 2.39. The molecule has 1 N–H and O–H groups in total. The highest BCUT2D eigenvalue weighted by atomic mass is 16.3. The lowest BCUT2D eigenvalue weighted by Gasteiger charge is -2.24. The van der Waals surface area contributed by atoms with Gasteiger partial charge in [0.1, 0.15) is 17.6 Å². The molecule has 1 aliphatic heterocycles. The molecule has 4 rings (SSSR count). The molecule has 160 valence electrons. The Morgan fingerprint density at radius 1 is 1.16 bits per heavy atom. The van der Waals surface area contributed by atoms with Crippen molar-refractivity contribution in [3.05, 3.63) is 77.5 Å². The fraction of sp³-hybridized carbons (Fsp3) is 0.261. The molecule has 0 bridgehead atoms. The van der Waals surface area contributed by atoms with Gasteiger partial charge < -0.3 is 19.3 Å². The lowest BCUT2D eigenvalue weighted by atomic mass is 9.99. The predicted molar refractivity (Wildman–Crippen MR) is 115 cm³/mol. The van der Waals surface area contributed by atoms with Gasteiger partial charge in [0, 0.05) is 13.1 Å². The van der Waals surface area contributed by atoms with Gasteiger partial charge in [0.25, 0.3) is 11.7 Å². The number of Topliss-reactive ketones (excluding diaryl/α,β-unsaturated/α-hetero) is 1. The average molecular weight is 420 g/mol. The van der Waals surface area contributed by atoms with E-state index in [9.17, 15) is 14.7 Å². The monoisotopic (exact) mass is 420 g/mol. The minimum absolute atomic E-state index is 0.00872. The van der Waals surface area contributed by atoms with Crippen LogP contribution in [0.3, 0.4) is 0 Å². The zero-order chi connectivity index (χ0) is 22.1. The van der Waals surface area contributed by atoms with Crippen LogP contribution in [0.25, 0.3) is 11.4 Å². The SMILES string of the molecule is Cc1c(C(O)=C2C(=O)C(=O)N(CCN(C)C)[C@H]2c2ccco2)cnn1-c1ccccc1. The van der Waals surface area contributed by atoms with Crippen LogP contribution in [0.1, 0.15) is 23.1 Å². The van der Waals surface area contributed by atoms with Gasteiger partial charge in [-0.3, -0.25) is 9.59 Å². The molecule has 1 atom stereocenters. The van der Waals surface area contributed by atoms with E-state index in [1.54, 1.807) is 23.7 Å². The highest BCUT2D eigenvalue weighted by Gasteiger charge is 2.47. The van der Waals surface area contributed by atoms with Crippen molar-refractivity contribution in [1.82, 2.24) is 19.6 Å².